The van der Waals surface area contributed by atoms with E-state index in [1.165, 1.54) is 0 Å². The van der Waals surface area contributed by atoms with E-state index in [-0.39, 0.29) is 19.0 Å². The van der Waals surface area contributed by atoms with Crippen molar-refractivity contribution in [2.45, 2.75) is 137 Å². The van der Waals surface area contributed by atoms with Gasteiger partial charge in [-0.3, -0.25) is 0 Å². The van der Waals surface area contributed by atoms with Gasteiger partial charge in [0.2, 0.25) is 0 Å². The molecule has 0 aromatic carbocycles. The maximum absolute atomic E-state index is 11.3. The molecule has 3 heterocycles. The van der Waals surface area contributed by atoms with Crippen molar-refractivity contribution in [3.05, 3.63) is 0 Å². The second-order valence-corrected chi connectivity index (χ2v) is 12.0. The smallest absolute Gasteiger partial charge is 0.187 e. The quantitative estimate of drug-likeness (QED) is 0.101. The molecule has 0 spiro atoms. The molecule has 4 aliphatic rings. The molecule has 19 atom stereocenters. The van der Waals surface area contributed by atoms with Crippen LogP contribution in [0.4, 0.5) is 0 Å². The highest BCUT2D eigenvalue weighted by Crippen LogP contribution is 2.36. The highest BCUT2D eigenvalue weighted by atomic mass is 16.8. The predicted molar refractivity (Wildman–Crippen MR) is 149 cm³/mol. The third-order valence-corrected chi connectivity index (χ3v) is 8.90. The second-order valence-electron chi connectivity index (χ2n) is 12.0. The average molecular weight is 623 g/mol. The van der Waals surface area contributed by atoms with E-state index >= 15 is 0 Å². The van der Waals surface area contributed by atoms with Crippen LogP contribution in [0.3, 0.4) is 0 Å². The summed E-state index contributed by atoms with van der Waals surface area (Å²) in [6, 6.07) is -3.00. The van der Waals surface area contributed by atoms with Gasteiger partial charge in [-0.25, -0.2) is 0 Å². The topological polar surface area (TPSA) is 307 Å². The number of aliphatic hydroxyl groups is 6. The van der Waals surface area contributed by atoms with Gasteiger partial charge in [-0.1, -0.05) is 20.1 Å². The summed E-state index contributed by atoms with van der Waals surface area (Å²) < 4.78 is 35.8. The van der Waals surface area contributed by atoms with E-state index in [2.05, 4.69) is 0 Å². The van der Waals surface area contributed by atoms with Crippen LogP contribution < -0.4 is 28.7 Å². The van der Waals surface area contributed by atoms with Crippen molar-refractivity contribution in [2.24, 2.45) is 34.6 Å². The first-order chi connectivity index (χ1) is 20.3. The number of ether oxygens (including phenoxy) is 6. The maximum atomic E-state index is 11.3. The summed E-state index contributed by atoms with van der Waals surface area (Å²) in [6.45, 7) is 3.35. The Labute approximate surface area is 251 Å². The lowest BCUT2D eigenvalue weighted by molar-refractivity contribution is -0.308. The Morgan fingerprint density at radius 2 is 1.09 bits per heavy atom. The Hall–Kier alpha value is -0.615. The minimum atomic E-state index is -1.42. The molecule has 1 aliphatic carbocycles. The van der Waals surface area contributed by atoms with Gasteiger partial charge in [0.1, 0.15) is 68.3 Å². The normalized spacial score (nSPS) is 52.7. The number of hydrogen-bond donors (Lipinski definition) is 11. The summed E-state index contributed by atoms with van der Waals surface area (Å²) in [5, 5.41) is 63.8. The van der Waals surface area contributed by atoms with Gasteiger partial charge < -0.3 is 87.7 Å². The van der Waals surface area contributed by atoms with Crippen molar-refractivity contribution in [3.63, 3.8) is 0 Å². The molecule has 4 rings (SSSR count). The Balaban J connectivity index is 1.51. The van der Waals surface area contributed by atoms with E-state index in [4.69, 9.17) is 57.1 Å². The molecule has 9 unspecified atom stereocenters. The Morgan fingerprint density at radius 3 is 1.58 bits per heavy atom. The van der Waals surface area contributed by atoms with Crippen molar-refractivity contribution >= 4 is 7.28 Å². The highest BCUT2D eigenvalue weighted by Gasteiger charge is 2.54. The minimum Gasteiger partial charge on any atom is -0.390 e. The Morgan fingerprint density at radius 1 is 0.628 bits per heavy atom. The van der Waals surface area contributed by atoms with Crippen molar-refractivity contribution in [2.75, 3.05) is 13.1 Å². The standard InChI is InChI=1S/C25H49BN5O12/c1-7-3-8(29)20(41-23-12(30)17(35)15(33)10(5-27)39-23)22(14(7)32)43-25-19(37)21(9(38-25)4-26-2)42-24-13(31)18(36)16(34)11(6-28)40-24/h7-25,32-37H,3-6,27-31H2,1-2H3/t7?,8?,9-,10?,11+,12+,13?,14-,15-,16?,17-,18?,19+,20-,21?,22-,23?,24?,25+/m1/s1. The first-order valence-electron chi connectivity index (χ1n) is 14.8. The monoisotopic (exact) mass is 622 g/mol. The fourth-order valence-electron chi connectivity index (χ4n) is 6.21. The SMILES string of the molecule is C[B]C[C@H]1O[C@@H](O[C@@H]2[C@H](O)C(C)CC(N)[C@H]2OC2OC(CN)[C@@H](O)[C@H](O)[C@@H]2N)[C@@H](O)C1OC1O[C@@H](CN)C(O)C(O)C1N. The van der Waals surface area contributed by atoms with Crippen LogP contribution in [0.15, 0.2) is 0 Å². The average Bonchev–Trinajstić information content (AvgIpc) is 3.26. The molecule has 0 aromatic heterocycles. The molecule has 1 radical (unpaired) electrons. The zero-order chi connectivity index (χ0) is 31.7. The number of nitrogens with two attached hydrogens (primary N) is 5. The van der Waals surface area contributed by atoms with Crippen LogP contribution in [0.25, 0.3) is 0 Å². The zero-order valence-corrected chi connectivity index (χ0v) is 24.4. The van der Waals surface area contributed by atoms with Crippen LogP contribution in [0, 0.1) is 5.92 Å². The lowest BCUT2D eigenvalue weighted by atomic mass is 9.74. The minimum absolute atomic E-state index is 0.109. The van der Waals surface area contributed by atoms with Gasteiger partial charge in [0.15, 0.2) is 18.9 Å². The van der Waals surface area contributed by atoms with Gasteiger partial charge in [-0.05, 0) is 12.3 Å². The molecule has 16 N–H and O–H groups in total. The molecule has 0 bridgehead atoms. The van der Waals surface area contributed by atoms with Crippen LogP contribution in [-0.4, -0.2) is 161 Å². The second kappa shape index (κ2) is 14.9. The molecule has 249 valence electrons. The van der Waals surface area contributed by atoms with Gasteiger partial charge in [-0.15, -0.1) is 0 Å². The van der Waals surface area contributed by atoms with E-state index < -0.39 is 110 Å². The van der Waals surface area contributed by atoms with Crippen molar-refractivity contribution < 1.29 is 59.1 Å². The van der Waals surface area contributed by atoms with E-state index in [0.717, 1.165) is 0 Å². The van der Waals surface area contributed by atoms with Crippen molar-refractivity contribution in [1.82, 2.24) is 0 Å². The Kier molecular flexibility index (Phi) is 12.2. The molecule has 43 heavy (non-hydrogen) atoms. The third kappa shape index (κ3) is 7.21. The summed E-state index contributed by atoms with van der Waals surface area (Å²) in [5.41, 5.74) is 30.0. The van der Waals surface area contributed by atoms with E-state index in [0.29, 0.717) is 12.7 Å². The summed E-state index contributed by atoms with van der Waals surface area (Å²) in [5.74, 6) is -0.329. The molecule has 1 saturated carbocycles. The van der Waals surface area contributed by atoms with E-state index in [9.17, 15) is 30.6 Å². The van der Waals surface area contributed by atoms with Crippen molar-refractivity contribution in [3.8, 4) is 0 Å². The first-order valence-corrected chi connectivity index (χ1v) is 14.8. The largest absolute Gasteiger partial charge is 0.390 e. The van der Waals surface area contributed by atoms with Gasteiger partial charge in [-0.2, -0.15) is 0 Å². The molecular weight excluding hydrogens is 573 g/mol. The van der Waals surface area contributed by atoms with E-state index in [1.54, 1.807) is 21.0 Å². The molecular formula is C25H49BN5O12. The number of aliphatic hydroxyl groups excluding tert-OH is 6. The molecule has 3 aliphatic heterocycles. The van der Waals surface area contributed by atoms with Gasteiger partial charge in [0.25, 0.3) is 0 Å². The van der Waals surface area contributed by atoms with Gasteiger partial charge >= 0.3 is 0 Å². The zero-order valence-electron chi connectivity index (χ0n) is 24.4. The van der Waals surface area contributed by atoms with Crippen molar-refractivity contribution in [1.29, 1.82) is 0 Å². The fraction of sp³-hybridized carbons (Fsp3) is 1.00. The van der Waals surface area contributed by atoms with Gasteiger partial charge in [0, 0.05) is 19.1 Å². The summed E-state index contributed by atoms with van der Waals surface area (Å²) in [7, 11) is 1.80. The Bertz CT molecular complexity index is 886. The summed E-state index contributed by atoms with van der Waals surface area (Å²) in [4.78, 5) is 0. The van der Waals surface area contributed by atoms with Crippen LogP contribution in [0.1, 0.15) is 13.3 Å². The lowest BCUT2D eigenvalue weighted by Crippen LogP contribution is -2.66. The molecule has 4 fully saturated rings. The fourth-order valence-corrected chi connectivity index (χ4v) is 6.21. The molecule has 0 amide bonds. The number of rotatable bonds is 10. The molecule has 0 aromatic rings. The van der Waals surface area contributed by atoms with Crippen LogP contribution >= 0.6 is 0 Å². The highest BCUT2D eigenvalue weighted by molar-refractivity contribution is 6.33. The molecule has 18 heteroatoms. The summed E-state index contributed by atoms with van der Waals surface area (Å²) in [6.07, 6.45) is -17.0. The predicted octanol–water partition coefficient (Wildman–Crippen LogP) is -6.41. The molecule has 17 nitrogen and oxygen atoms in total. The first kappa shape index (κ1) is 35.2. The number of hydrogen-bond acceptors (Lipinski definition) is 17. The van der Waals surface area contributed by atoms with E-state index in [1.807, 2.05) is 0 Å². The van der Waals surface area contributed by atoms with Crippen LogP contribution in [0.5, 0.6) is 0 Å². The van der Waals surface area contributed by atoms with Gasteiger partial charge in [0.05, 0.1) is 24.3 Å². The summed E-state index contributed by atoms with van der Waals surface area (Å²) >= 11 is 0. The van der Waals surface area contributed by atoms with Crippen LogP contribution in [-0.2, 0) is 28.4 Å². The third-order valence-electron chi connectivity index (χ3n) is 8.90. The van der Waals surface area contributed by atoms with Crippen LogP contribution in [0.2, 0.25) is 13.1 Å². The lowest BCUT2D eigenvalue weighted by Gasteiger charge is -2.47. The molecule has 3 saturated heterocycles. The maximum Gasteiger partial charge on any atom is 0.187 e.